The minimum absolute atomic E-state index is 0.120. The molecule has 0 aliphatic rings. The van der Waals surface area contributed by atoms with E-state index in [0.29, 0.717) is 29.2 Å². The summed E-state index contributed by atoms with van der Waals surface area (Å²) in [6, 6.07) is 3.33. The molecule has 0 heterocycles. The highest BCUT2D eigenvalue weighted by atomic mass is 16.6. The predicted octanol–water partition coefficient (Wildman–Crippen LogP) is 2.74. The lowest BCUT2D eigenvalue weighted by Gasteiger charge is -2.12. The fraction of sp³-hybridized carbons (Fsp3) is 0.385. The Morgan fingerprint density at radius 3 is 2.05 bits per heavy atom. The molecule has 6 nitrogen and oxygen atoms in total. The Morgan fingerprint density at radius 2 is 1.74 bits per heavy atom. The maximum atomic E-state index is 10.8. The van der Waals surface area contributed by atoms with Crippen LogP contribution in [-0.2, 0) is 0 Å². The highest BCUT2D eigenvalue weighted by Crippen LogP contribution is 2.38. The van der Waals surface area contributed by atoms with Crippen LogP contribution in [0.15, 0.2) is 17.8 Å². The van der Waals surface area contributed by atoms with Gasteiger partial charge in [0.15, 0.2) is 11.5 Å². The second kappa shape index (κ2) is 6.63. The first-order valence-electron chi connectivity index (χ1n) is 5.72. The summed E-state index contributed by atoms with van der Waals surface area (Å²) >= 11 is 0. The second-order valence-electron chi connectivity index (χ2n) is 3.71. The van der Waals surface area contributed by atoms with Gasteiger partial charge >= 0.3 is 0 Å². The lowest BCUT2D eigenvalue weighted by molar-refractivity contribution is -0.425. The van der Waals surface area contributed by atoms with E-state index in [4.69, 9.17) is 14.2 Å². The van der Waals surface area contributed by atoms with Crippen molar-refractivity contribution in [3.63, 3.8) is 0 Å². The van der Waals surface area contributed by atoms with E-state index in [2.05, 4.69) is 0 Å². The van der Waals surface area contributed by atoms with Crippen molar-refractivity contribution in [3.05, 3.63) is 33.5 Å². The Balaban J connectivity index is 3.34. The van der Waals surface area contributed by atoms with E-state index in [1.807, 2.05) is 0 Å². The highest BCUT2D eigenvalue weighted by molar-refractivity contribution is 5.62. The molecule has 6 heteroatoms. The van der Waals surface area contributed by atoms with E-state index < -0.39 is 4.92 Å². The Bertz CT molecular complexity index is 471. The van der Waals surface area contributed by atoms with Crippen LogP contribution in [0, 0.1) is 10.1 Å². The zero-order chi connectivity index (χ0) is 14.4. The molecule has 0 aromatic heterocycles. The molecule has 104 valence electrons. The molecule has 0 amide bonds. The number of nitro groups is 1. The third kappa shape index (κ3) is 3.37. The number of ether oxygens (including phenoxy) is 3. The zero-order valence-corrected chi connectivity index (χ0v) is 11.4. The number of benzene rings is 1. The predicted molar refractivity (Wildman–Crippen MR) is 71.4 cm³/mol. The number of hydrogen-bond donors (Lipinski definition) is 0. The summed E-state index contributed by atoms with van der Waals surface area (Å²) in [5.74, 6) is 1.39. The van der Waals surface area contributed by atoms with Crippen molar-refractivity contribution in [2.75, 3.05) is 21.3 Å². The number of hydrogen-bond acceptors (Lipinski definition) is 5. The standard InChI is InChI=1S/C13H17NO5/c1-5-10(14(15)16)6-9-7-11(17-2)13(19-4)12(8-9)18-3/h6-8H,5H2,1-4H3. The van der Waals surface area contributed by atoms with Crippen molar-refractivity contribution >= 4 is 6.08 Å². The molecule has 0 fully saturated rings. The molecule has 0 spiro atoms. The molecule has 0 atom stereocenters. The fourth-order valence-corrected chi connectivity index (χ4v) is 1.66. The van der Waals surface area contributed by atoms with Crippen molar-refractivity contribution in [2.45, 2.75) is 13.3 Å². The van der Waals surface area contributed by atoms with E-state index in [0.717, 1.165) is 0 Å². The third-order valence-corrected chi connectivity index (χ3v) is 2.62. The van der Waals surface area contributed by atoms with Crippen LogP contribution in [0.1, 0.15) is 18.9 Å². The van der Waals surface area contributed by atoms with Crippen molar-refractivity contribution in [1.82, 2.24) is 0 Å². The molecule has 19 heavy (non-hydrogen) atoms. The SMILES string of the molecule is CCC(=Cc1cc(OC)c(OC)c(OC)c1)[N+](=O)[O-]. The molecule has 0 radical (unpaired) electrons. The van der Waals surface area contributed by atoms with Gasteiger partial charge < -0.3 is 14.2 Å². The highest BCUT2D eigenvalue weighted by Gasteiger charge is 2.14. The van der Waals surface area contributed by atoms with Crippen molar-refractivity contribution < 1.29 is 19.1 Å². The Hall–Kier alpha value is -2.24. The van der Waals surface area contributed by atoms with Crippen molar-refractivity contribution in [2.24, 2.45) is 0 Å². The van der Waals surface area contributed by atoms with Gasteiger partial charge in [-0.1, -0.05) is 6.92 Å². The second-order valence-corrected chi connectivity index (χ2v) is 3.71. The quantitative estimate of drug-likeness (QED) is 0.585. The summed E-state index contributed by atoms with van der Waals surface area (Å²) in [5.41, 5.74) is 0.748. The number of nitrogens with zero attached hydrogens (tertiary/aromatic N) is 1. The third-order valence-electron chi connectivity index (χ3n) is 2.62. The molecule has 0 saturated carbocycles. The van der Waals surface area contributed by atoms with Crippen LogP contribution in [0.3, 0.4) is 0 Å². The maximum Gasteiger partial charge on any atom is 0.246 e. The van der Waals surface area contributed by atoms with Gasteiger partial charge in [-0.3, -0.25) is 10.1 Å². The smallest absolute Gasteiger partial charge is 0.246 e. The summed E-state index contributed by atoms with van der Waals surface area (Å²) in [6.07, 6.45) is 1.83. The van der Waals surface area contributed by atoms with Gasteiger partial charge in [-0.25, -0.2) is 0 Å². The van der Waals surface area contributed by atoms with Crippen LogP contribution in [0.4, 0.5) is 0 Å². The fourth-order valence-electron chi connectivity index (χ4n) is 1.66. The molecule has 0 bridgehead atoms. The maximum absolute atomic E-state index is 10.8. The first-order valence-corrected chi connectivity index (χ1v) is 5.72. The first-order chi connectivity index (χ1) is 9.07. The van der Waals surface area contributed by atoms with E-state index >= 15 is 0 Å². The van der Waals surface area contributed by atoms with Gasteiger partial charge in [0.1, 0.15) is 0 Å². The Morgan fingerprint density at radius 1 is 1.21 bits per heavy atom. The van der Waals surface area contributed by atoms with Crippen LogP contribution in [-0.4, -0.2) is 26.3 Å². The molecule has 1 aromatic carbocycles. The monoisotopic (exact) mass is 267 g/mol. The van der Waals surface area contributed by atoms with E-state index in [1.165, 1.54) is 27.4 Å². The van der Waals surface area contributed by atoms with E-state index in [9.17, 15) is 10.1 Å². The lowest BCUT2D eigenvalue weighted by Crippen LogP contribution is -1.98. The van der Waals surface area contributed by atoms with Crippen LogP contribution < -0.4 is 14.2 Å². The summed E-state index contributed by atoms with van der Waals surface area (Å²) in [4.78, 5) is 10.4. The minimum Gasteiger partial charge on any atom is -0.493 e. The molecular formula is C13H17NO5. The topological polar surface area (TPSA) is 70.8 Å². The molecule has 0 N–H and O–H groups in total. The van der Waals surface area contributed by atoms with Crippen molar-refractivity contribution in [1.29, 1.82) is 0 Å². The number of rotatable bonds is 6. The lowest BCUT2D eigenvalue weighted by atomic mass is 10.1. The minimum atomic E-state index is -0.400. The summed E-state index contributed by atoms with van der Waals surface area (Å²) in [7, 11) is 4.50. The number of allylic oxidation sites excluding steroid dienone is 1. The summed E-state index contributed by atoms with van der Waals surface area (Å²) in [6.45, 7) is 1.73. The Labute approximate surface area is 111 Å². The van der Waals surface area contributed by atoms with Gasteiger partial charge in [-0.05, 0) is 17.7 Å². The average Bonchev–Trinajstić information content (AvgIpc) is 2.42. The zero-order valence-electron chi connectivity index (χ0n) is 11.4. The van der Waals surface area contributed by atoms with Crippen molar-refractivity contribution in [3.8, 4) is 17.2 Å². The van der Waals surface area contributed by atoms with Gasteiger partial charge in [0.2, 0.25) is 11.4 Å². The molecule has 0 saturated heterocycles. The number of methoxy groups -OCH3 is 3. The summed E-state index contributed by atoms with van der Waals surface area (Å²) < 4.78 is 15.6. The van der Waals surface area contributed by atoms with Gasteiger partial charge in [0.05, 0.1) is 26.3 Å². The van der Waals surface area contributed by atoms with Gasteiger partial charge in [-0.2, -0.15) is 0 Å². The van der Waals surface area contributed by atoms with Gasteiger partial charge in [-0.15, -0.1) is 0 Å². The average molecular weight is 267 g/mol. The normalized spacial score (nSPS) is 11.1. The molecule has 0 aliphatic heterocycles. The van der Waals surface area contributed by atoms with Crippen LogP contribution in [0.5, 0.6) is 17.2 Å². The molecule has 0 aliphatic carbocycles. The largest absolute Gasteiger partial charge is 0.493 e. The Kier molecular flexibility index (Phi) is 5.17. The molecular weight excluding hydrogens is 250 g/mol. The van der Waals surface area contributed by atoms with E-state index in [-0.39, 0.29) is 5.70 Å². The van der Waals surface area contributed by atoms with Crippen LogP contribution in [0.2, 0.25) is 0 Å². The van der Waals surface area contributed by atoms with Crippen LogP contribution in [0.25, 0.3) is 6.08 Å². The summed E-state index contributed by atoms with van der Waals surface area (Å²) in [5, 5.41) is 10.8. The van der Waals surface area contributed by atoms with Crippen LogP contribution >= 0.6 is 0 Å². The van der Waals surface area contributed by atoms with Gasteiger partial charge in [0, 0.05) is 12.5 Å². The molecule has 0 unspecified atom stereocenters. The van der Waals surface area contributed by atoms with Gasteiger partial charge in [0.25, 0.3) is 0 Å². The van der Waals surface area contributed by atoms with E-state index in [1.54, 1.807) is 19.1 Å². The first kappa shape index (κ1) is 14.8. The molecule has 1 rings (SSSR count). The molecule has 1 aromatic rings.